The van der Waals surface area contributed by atoms with Crippen molar-refractivity contribution in [2.45, 2.75) is 13.8 Å². The summed E-state index contributed by atoms with van der Waals surface area (Å²) in [5, 5.41) is 4.41. The first-order valence-corrected chi connectivity index (χ1v) is 9.92. The molecule has 0 bridgehead atoms. The number of hydrogen-bond donors (Lipinski definition) is 0. The Morgan fingerprint density at radius 3 is 2.50 bits per heavy atom. The van der Waals surface area contributed by atoms with Crippen LogP contribution in [0.3, 0.4) is 0 Å². The van der Waals surface area contributed by atoms with E-state index < -0.39 is 0 Å². The molecule has 0 saturated heterocycles. The molecular weight excluding hydrogens is 372 g/mol. The van der Waals surface area contributed by atoms with Gasteiger partial charge in [0.15, 0.2) is 6.20 Å². The van der Waals surface area contributed by atoms with Crippen molar-refractivity contribution in [2.24, 2.45) is 7.05 Å². The Bertz CT molecular complexity index is 1460. The van der Waals surface area contributed by atoms with E-state index >= 15 is 0 Å². The predicted octanol–water partition coefficient (Wildman–Crippen LogP) is 5.27. The molecule has 0 aliphatic heterocycles. The molecule has 0 aliphatic carbocycles. The van der Waals surface area contributed by atoms with E-state index in [1.807, 2.05) is 36.4 Å². The second kappa shape index (κ2) is 6.92. The molecule has 5 aromatic rings. The Hall–Kier alpha value is -3.79. The minimum Gasteiger partial charge on any atom is -0.427 e. The minimum absolute atomic E-state index is 0.334. The molecule has 0 radical (unpaired) electrons. The van der Waals surface area contributed by atoms with Crippen LogP contribution in [-0.4, -0.2) is 11.0 Å². The highest BCUT2D eigenvalue weighted by atomic mass is 16.5. The van der Waals surface area contributed by atoms with Crippen molar-refractivity contribution in [3.63, 3.8) is 0 Å². The summed E-state index contributed by atoms with van der Waals surface area (Å²) in [5.41, 5.74) is 5.12. The molecule has 0 aliphatic rings. The quantitative estimate of drug-likeness (QED) is 0.178. The third-order valence-electron chi connectivity index (χ3n) is 5.50. The molecular formula is C26H21N2O2+. The smallest absolute Gasteiger partial charge is 0.308 e. The average molecular weight is 393 g/mol. The molecule has 4 aromatic carbocycles. The normalized spacial score (nSPS) is 11.3. The van der Waals surface area contributed by atoms with E-state index in [4.69, 9.17) is 9.72 Å². The molecule has 0 unspecified atom stereocenters. The third kappa shape index (κ3) is 2.89. The Balaban J connectivity index is 1.97. The zero-order valence-electron chi connectivity index (χ0n) is 17.1. The molecule has 0 saturated carbocycles. The lowest BCUT2D eigenvalue weighted by atomic mass is 9.96. The highest BCUT2D eigenvalue weighted by Gasteiger charge is 2.20. The summed E-state index contributed by atoms with van der Waals surface area (Å²) in [7, 11) is 2.06. The highest BCUT2D eigenvalue weighted by molar-refractivity contribution is 6.23. The van der Waals surface area contributed by atoms with Crippen LogP contribution in [0.5, 0.6) is 5.75 Å². The predicted molar refractivity (Wildman–Crippen MR) is 119 cm³/mol. The van der Waals surface area contributed by atoms with Crippen LogP contribution in [0.4, 0.5) is 0 Å². The number of carbonyl (C=O) groups is 1. The molecule has 1 heterocycles. The number of benzene rings is 4. The Morgan fingerprint density at radius 1 is 0.933 bits per heavy atom. The van der Waals surface area contributed by atoms with E-state index in [-0.39, 0.29) is 5.97 Å². The van der Waals surface area contributed by atoms with Crippen LogP contribution in [-0.2, 0) is 11.8 Å². The maximum Gasteiger partial charge on any atom is 0.308 e. The second-order valence-electron chi connectivity index (χ2n) is 7.60. The zero-order valence-corrected chi connectivity index (χ0v) is 17.1. The summed E-state index contributed by atoms with van der Waals surface area (Å²) in [6.07, 6.45) is 2.07. The van der Waals surface area contributed by atoms with Crippen LogP contribution in [0, 0.1) is 6.92 Å². The number of carbonyl (C=O) groups excluding carboxylic acids is 1. The number of hydrogen-bond acceptors (Lipinski definition) is 3. The molecule has 0 spiro atoms. The highest BCUT2D eigenvalue weighted by Crippen LogP contribution is 2.36. The number of aryl methyl sites for hydroxylation is 2. The summed E-state index contributed by atoms with van der Waals surface area (Å²) in [6.45, 7) is 3.55. The minimum atomic E-state index is -0.334. The van der Waals surface area contributed by atoms with E-state index in [1.165, 1.54) is 17.9 Å². The lowest BCUT2D eigenvalue weighted by Gasteiger charge is -2.12. The maximum atomic E-state index is 11.5. The van der Waals surface area contributed by atoms with Gasteiger partial charge in [-0.2, -0.15) is 4.57 Å². The van der Waals surface area contributed by atoms with Gasteiger partial charge < -0.3 is 4.74 Å². The second-order valence-corrected chi connectivity index (χ2v) is 7.60. The first-order chi connectivity index (χ1) is 14.5. The van der Waals surface area contributed by atoms with Crippen molar-refractivity contribution in [1.82, 2.24) is 4.98 Å². The van der Waals surface area contributed by atoms with Gasteiger partial charge in [-0.3, -0.25) is 4.79 Å². The van der Waals surface area contributed by atoms with E-state index in [2.05, 4.69) is 55.1 Å². The van der Waals surface area contributed by atoms with Crippen LogP contribution in [0.15, 0.2) is 72.9 Å². The van der Waals surface area contributed by atoms with Crippen molar-refractivity contribution < 1.29 is 14.1 Å². The number of ether oxygens (including phenoxy) is 1. The van der Waals surface area contributed by atoms with Gasteiger partial charge in [0.1, 0.15) is 24.0 Å². The van der Waals surface area contributed by atoms with Crippen LogP contribution in [0.1, 0.15) is 12.5 Å². The van der Waals surface area contributed by atoms with Gasteiger partial charge in [-0.05, 0) is 41.5 Å². The van der Waals surface area contributed by atoms with Crippen molar-refractivity contribution >= 4 is 38.5 Å². The number of nitrogens with zero attached hydrogens (tertiary/aromatic N) is 2. The van der Waals surface area contributed by atoms with E-state index in [1.54, 1.807) is 0 Å². The summed E-state index contributed by atoms with van der Waals surface area (Å²) in [6, 6.07) is 22.3. The topological polar surface area (TPSA) is 43.1 Å². The van der Waals surface area contributed by atoms with Gasteiger partial charge in [0.05, 0.1) is 5.39 Å². The average Bonchev–Trinajstić information content (AvgIpc) is 2.74. The molecule has 0 amide bonds. The van der Waals surface area contributed by atoms with Crippen LogP contribution < -0.4 is 9.30 Å². The zero-order chi connectivity index (χ0) is 20.8. The summed E-state index contributed by atoms with van der Waals surface area (Å²) in [4.78, 5) is 16.6. The molecule has 5 rings (SSSR count). The number of esters is 1. The molecule has 0 atom stereocenters. The lowest BCUT2D eigenvalue weighted by molar-refractivity contribution is -0.643. The van der Waals surface area contributed by atoms with Crippen LogP contribution >= 0.6 is 0 Å². The molecule has 30 heavy (non-hydrogen) atoms. The molecule has 4 nitrogen and oxygen atoms in total. The summed E-state index contributed by atoms with van der Waals surface area (Å²) < 4.78 is 7.53. The fourth-order valence-corrected chi connectivity index (χ4v) is 4.24. The van der Waals surface area contributed by atoms with Gasteiger partial charge >= 0.3 is 5.97 Å². The van der Waals surface area contributed by atoms with Crippen molar-refractivity contribution in [2.75, 3.05) is 0 Å². The van der Waals surface area contributed by atoms with Gasteiger partial charge in [0.2, 0.25) is 5.52 Å². The molecule has 146 valence electrons. The Morgan fingerprint density at radius 2 is 1.73 bits per heavy atom. The van der Waals surface area contributed by atoms with Gasteiger partial charge in [-0.25, -0.2) is 4.98 Å². The van der Waals surface area contributed by atoms with Crippen LogP contribution in [0.2, 0.25) is 0 Å². The first kappa shape index (κ1) is 18.3. The Kier molecular flexibility index (Phi) is 4.21. The van der Waals surface area contributed by atoms with Crippen molar-refractivity contribution in [3.8, 4) is 17.0 Å². The fourth-order valence-electron chi connectivity index (χ4n) is 4.24. The molecule has 0 fully saturated rings. The SMILES string of the molecule is CC(=O)Oc1ccc2c(c1)c1nc(-c3ccccc3)c[n+](C)c1c1c(C)cccc21. The third-order valence-corrected chi connectivity index (χ3v) is 5.50. The van der Waals surface area contributed by atoms with Crippen molar-refractivity contribution in [1.29, 1.82) is 0 Å². The van der Waals surface area contributed by atoms with Gasteiger partial charge in [0, 0.05) is 17.9 Å². The van der Waals surface area contributed by atoms with Gasteiger partial charge in [-0.15, -0.1) is 0 Å². The summed E-state index contributed by atoms with van der Waals surface area (Å²) >= 11 is 0. The molecule has 4 heteroatoms. The fraction of sp³-hybridized carbons (Fsp3) is 0.115. The van der Waals surface area contributed by atoms with Crippen molar-refractivity contribution in [3.05, 3.63) is 78.5 Å². The van der Waals surface area contributed by atoms with E-state index in [9.17, 15) is 4.79 Å². The first-order valence-electron chi connectivity index (χ1n) is 9.92. The van der Waals surface area contributed by atoms with Crippen LogP contribution in [0.25, 0.3) is 43.8 Å². The molecule has 1 aromatic heterocycles. The monoisotopic (exact) mass is 393 g/mol. The number of fused-ring (bicyclic) bond motifs is 6. The van der Waals surface area contributed by atoms with Gasteiger partial charge in [0.25, 0.3) is 0 Å². The van der Waals surface area contributed by atoms with Gasteiger partial charge in [-0.1, -0.05) is 48.5 Å². The van der Waals surface area contributed by atoms with E-state index in [0.717, 1.165) is 38.4 Å². The largest absolute Gasteiger partial charge is 0.427 e. The van der Waals surface area contributed by atoms with E-state index in [0.29, 0.717) is 5.75 Å². The lowest BCUT2D eigenvalue weighted by Crippen LogP contribution is -2.30. The summed E-state index contributed by atoms with van der Waals surface area (Å²) in [5.74, 6) is 0.191. The number of aromatic nitrogens is 2. The Labute approximate surface area is 174 Å². The standard InChI is InChI=1S/C26H21N2O2/c1-16-8-7-11-21-20-13-12-19(30-17(2)29)14-22(20)25-26(24(16)21)28(3)15-23(27-25)18-9-5-4-6-10-18/h4-15H,1-3H3/q+1. The maximum absolute atomic E-state index is 11.5. The number of rotatable bonds is 2. The molecule has 0 N–H and O–H groups in total.